The fourth-order valence-electron chi connectivity index (χ4n) is 4.48. The molecule has 1 aromatic carbocycles. The first-order valence-electron chi connectivity index (χ1n) is 10.7. The highest BCUT2D eigenvalue weighted by molar-refractivity contribution is 7.85. The number of carboxylic acids is 1. The highest BCUT2D eigenvalue weighted by Crippen LogP contribution is 2.35. The summed E-state index contributed by atoms with van der Waals surface area (Å²) in [6, 6.07) is 5.54. The number of nitrogens with zero attached hydrogens (tertiary/aromatic N) is 2. The molecule has 1 N–H and O–H groups in total. The average Bonchev–Trinajstić information content (AvgIpc) is 2.92. The van der Waals surface area contributed by atoms with Crippen molar-refractivity contribution in [3.05, 3.63) is 47.7 Å². The molecule has 0 aromatic heterocycles. The smallest absolute Gasteiger partial charge is 0.310 e. The standard InChI is InChI=1S/C23H28N2O4S/c1-16-14-18(7-8-19(16)23(27)28)25-12-5-13-30(29)21-15-17(6-9-20(21)25)22(26)24-10-3-2-4-11-24/h6-9,14-16,19H,2-5,10-13H2,1H3,(H,27,28). The van der Waals surface area contributed by atoms with Gasteiger partial charge in [-0.25, -0.2) is 0 Å². The van der Waals surface area contributed by atoms with Gasteiger partial charge in [-0.15, -0.1) is 0 Å². The van der Waals surface area contributed by atoms with E-state index in [2.05, 4.69) is 4.90 Å². The van der Waals surface area contributed by atoms with Crippen molar-refractivity contribution in [1.29, 1.82) is 0 Å². The Morgan fingerprint density at radius 3 is 2.57 bits per heavy atom. The number of aliphatic carboxylic acids is 1. The second-order valence-electron chi connectivity index (χ2n) is 8.26. The number of amides is 1. The van der Waals surface area contributed by atoms with Gasteiger partial charge < -0.3 is 14.9 Å². The van der Waals surface area contributed by atoms with E-state index in [9.17, 15) is 18.9 Å². The quantitative estimate of drug-likeness (QED) is 0.798. The molecule has 3 unspecified atom stereocenters. The Labute approximate surface area is 179 Å². The minimum atomic E-state index is -1.17. The van der Waals surface area contributed by atoms with Gasteiger partial charge in [0.25, 0.3) is 5.91 Å². The lowest BCUT2D eigenvalue weighted by atomic mass is 9.88. The molecule has 0 bridgehead atoms. The number of benzene rings is 1. The van der Waals surface area contributed by atoms with Crippen LogP contribution in [0.4, 0.5) is 5.69 Å². The number of hydrogen-bond acceptors (Lipinski definition) is 4. The van der Waals surface area contributed by atoms with E-state index in [-0.39, 0.29) is 11.8 Å². The minimum Gasteiger partial charge on any atom is -0.481 e. The van der Waals surface area contributed by atoms with Crippen LogP contribution in [0.5, 0.6) is 0 Å². The number of allylic oxidation sites excluding steroid dienone is 2. The van der Waals surface area contributed by atoms with E-state index >= 15 is 0 Å². The van der Waals surface area contributed by atoms with Gasteiger partial charge in [0.05, 0.1) is 27.3 Å². The van der Waals surface area contributed by atoms with E-state index < -0.39 is 22.7 Å². The molecule has 7 heteroatoms. The lowest BCUT2D eigenvalue weighted by molar-refractivity contribution is -0.141. The van der Waals surface area contributed by atoms with Crippen molar-refractivity contribution >= 4 is 28.4 Å². The van der Waals surface area contributed by atoms with Crippen molar-refractivity contribution in [1.82, 2.24) is 4.90 Å². The largest absolute Gasteiger partial charge is 0.481 e. The maximum atomic E-state index is 12.9. The molecule has 1 saturated heterocycles. The topological polar surface area (TPSA) is 77.9 Å². The Balaban J connectivity index is 1.65. The monoisotopic (exact) mass is 428 g/mol. The normalized spacial score (nSPS) is 26.6. The van der Waals surface area contributed by atoms with E-state index in [1.807, 2.05) is 36.1 Å². The number of carboxylic acid groups (broad SMARTS) is 1. The van der Waals surface area contributed by atoms with Gasteiger partial charge in [0, 0.05) is 36.6 Å². The predicted molar refractivity (Wildman–Crippen MR) is 117 cm³/mol. The number of hydrogen-bond donors (Lipinski definition) is 1. The second kappa shape index (κ2) is 8.76. The van der Waals surface area contributed by atoms with Crippen LogP contribution < -0.4 is 4.90 Å². The highest BCUT2D eigenvalue weighted by Gasteiger charge is 2.29. The van der Waals surface area contributed by atoms with Crippen LogP contribution in [0.2, 0.25) is 0 Å². The molecule has 2 heterocycles. The van der Waals surface area contributed by atoms with Gasteiger partial charge in [-0.1, -0.05) is 19.1 Å². The zero-order valence-electron chi connectivity index (χ0n) is 17.3. The number of carbonyl (C=O) groups is 2. The number of likely N-dealkylation sites (tertiary alicyclic amines) is 1. The van der Waals surface area contributed by atoms with Crippen LogP contribution in [0.25, 0.3) is 0 Å². The number of anilines is 1. The molecule has 1 fully saturated rings. The molecule has 1 aromatic rings. The van der Waals surface area contributed by atoms with Gasteiger partial charge in [-0.3, -0.25) is 13.8 Å². The molecule has 3 aliphatic rings. The fourth-order valence-corrected chi connectivity index (χ4v) is 5.76. The molecule has 1 aliphatic carbocycles. The summed E-state index contributed by atoms with van der Waals surface area (Å²) in [7, 11) is -1.17. The van der Waals surface area contributed by atoms with Gasteiger partial charge in [0.15, 0.2) is 0 Å². The molecule has 30 heavy (non-hydrogen) atoms. The number of rotatable bonds is 3. The van der Waals surface area contributed by atoms with E-state index in [0.29, 0.717) is 22.8 Å². The first kappa shape index (κ1) is 20.8. The summed E-state index contributed by atoms with van der Waals surface area (Å²) in [5.41, 5.74) is 2.37. The Hall–Kier alpha value is -2.41. The van der Waals surface area contributed by atoms with Crippen LogP contribution in [0.1, 0.15) is 43.0 Å². The zero-order valence-corrected chi connectivity index (χ0v) is 18.1. The SMILES string of the molecule is CC1C=C(N2CCCS(=O)c3cc(C(=O)N4CCCCC4)ccc32)C=CC1C(=O)O. The lowest BCUT2D eigenvalue weighted by Gasteiger charge is -2.30. The maximum Gasteiger partial charge on any atom is 0.310 e. The van der Waals surface area contributed by atoms with E-state index in [0.717, 1.165) is 50.2 Å². The summed E-state index contributed by atoms with van der Waals surface area (Å²) >= 11 is 0. The average molecular weight is 429 g/mol. The summed E-state index contributed by atoms with van der Waals surface area (Å²) in [6.45, 7) is 4.18. The second-order valence-corrected chi connectivity index (χ2v) is 9.80. The Bertz CT molecular complexity index is 933. The number of piperidine rings is 1. The van der Waals surface area contributed by atoms with Gasteiger partial charge in [-0.2, -0.15) is 0 Å². The van der Waals surface area contributed by atoms with Gasteiger partial charge >= 0.3 is 5.97 Å². The third-order valence-electron chi connectivity index (χ3n) is 6.17. The predicted octanol–water partition coefficient (Wildman–Crippen LogP) is 3.42. The molecule has 0 saturated carbocycles. The Kier molecular flexibility index (Phi) is 6.09. The van der Waals surface area contributed by atoms with Crippen molar-refractivity contribution in [3.63, 3.8) is 0 Å². The highest BCUT2D eigenvalue weighted by atomic mass is 32.2. The lowest BCUT2D eigenvalue weighted by Crippen LogP contribution is -2.35. The Morgan fingerprint density at radius 1 is 1.10 bits per heavy atom. The van der Waals surface area contributed by atoms with Crippen LogP contribution in [-0.2, 0) is 15.6 Å². The number of carbonyl (C=O) groups excluding carboxylic acids is 1. The van der Waals surface area contributed by atoms with Gasteiger partial charge in [0.2, 0.25) is 0 Å². The summed E-state index contributed by atoms with van der Waals surface area (Å²) in [4.78, 5) is 29.0. The molecule has 4 rings (SSSR count). The molecule has 2 aliphatic heterocycles. The minimum absolute atomic E-state index is 0.0139. The molecule has 3 atom stereocenters. The zero-order chi connectivity index (χ0) is 21.3. The Morgan fingerprint density at radius 2 is 1.87 bits per heavy atom. The fraction of sp³-hybridized carbons (Fsp3) is 0.478. The first-order chi connectivity index (χ1) is 14.5. The van der Waals surface area contributed by atoms with Crippen molar-refractivity contribution < 1.29 is 18.9 Å². The molecular formula is C23H28N2O4S. The van der Waals surface area contributed by atoms with Gasteiger partial charge in [0.1, 0.15) is 0 Å². The van der Waals surface area contributed by atoms with Crippen LogP contribution in [0.3, 0.4) is 0 Å². The van der Waals surface area contributed by atoms with Gasteiger partial charge in [-0.05, 0) is 55.9 Å². The third kappa shape index (κ3) is 4.08. The molecule has 160 valence electrons. The molecule has 6 nitrogen and oxygen atoms in total. The van der Waals surface area contributed by atoms with Crippen LogP contribution in [-0.4, -0.2) is 51.5 Å². The third-order valence-corrected chi connectivity index (χ3v) is 7.65. The summed E-state index contributed by atoms with van der Waals surface area (Å²) < 4.78 is 12.9. The molecule has 0 radical (unpaired) electrons. The summed E-state index contributed by atoms with van der Waals surface area (Å²) in [5, 5.41) is 9.36. The van der Waals surface area contributed by atoms with E-state index in [4.69, 9.17) is 0 Å². The first-order valence-corrected chi connectivity index (χ1v) is 12.0. The molecule has 0 spiro atoms. The van der Waals surface area contributed by atoms with Crippen LogP contribution in [0, 0.1) is 11.8 Å². The van der Waals surface area contributed by atoms with Crippen molar-refractivity contribution in [2.24, 2.45) is 11.8 Å². The van der Waals surface area contributed by atoms with Crippen molar-refractivity contribution in [2.75, 3.05) is 30.3 Å². The summed E-state index contributed by atoms with van der Waals surface area (Å²) in [6.07, 6.45) is 9.56. The van der Waals surface area contributed by atoms with Crippen LogP contribution in [0.15, 0.2) is 47.0 Å². The number of fused-ring (bicyclic) bond motifs is 1. The molecule has 1 amide bonds. The summed E-state index contributed by atoms with van der Waals surface area (Å²) in [5.74, 6) is -0.916. The van der Waals surface area contributed by atoms with Crippen molar-refractivity contribution in [2.45, 2.75) is 37.5 Å². The van der Waals surface area contributed by atoms with E-state index in [1.54, 1.807) is 12.1 Å². The maximum absolute atomic E-state index is 12.9. The van der Waals surface area contributed by atoms with Crippen LogP contribution >= 0.6 is 0 Å². The van der Waals surface area contributed by atoms with Crippen molar-refractivity contribution in [3.8, 4) is 0 Å². The van der Waals surface area contributed by atoms with E-state index in [1.165, 1.54) is 0 Å². The molecular weight excluding hydrogens is 400 g/mol.